The Kier molecular flexibility index (Phi) is 5.26. The number of nitrogens with two attached hydrogens (primary N) is 1. The maximum atomic E-state index is 11.1. The van der Waals surface area contributed by atoms with Gasteiger partial charge in [0.15, 0.2) is 0 Å². The highest BCUT2D eigenvalue weighted by molar-refractivity contribution is 7.99. The largest absolute Gasteiger partial charge is 0.480 e. The van der Waals surface area contributed by atoms with Gasteiger partial charge in [-0.15, -0.1) is 11.8 Å². The fourth-order valence-corrected chi connectivity index (χ4v) is 3.17. The van der Waals surface area contributed by atoms with Gasteiger partial charge in [0, 0.05) is 4.90 Å². The van der Waals surface area contributed by atoms with Crippen LogP contribution in [0.15, 0.2) is 47.4 Å². The first-order valence-corrected chi connectivity index (χ1v) is 8.17. The molecule has 0 heterocycles. The molecule has 0 saturated carbocycles. The van der Waals surface area contributed by atoms with Crippen LogP contribution in [0.5, 0.6) is 0 Å². The van der Waals surface area contributed by atoms with Gasteiger partial charge < -0.3 is 10.8 Å². The van der Waals surface area contributed by atoms with Crippen LogP contribution in [0.2, 0.25) is 0 Å². The minimum atomic E-state index is -1.08. The summed E-state index contributed by atoms with van der Waals surface area (Å²) in [6, 6.07) is 14.7. The molecule has 0 aliphatic carbocycles. The van der Waals surface area contributed by atoms with E-state index in [1.54, 1.807) is 11.8 Å². The zero-order valence-corrected chi connectivity index (χ0v) is 13.0. The molecule has 0 aliphatic rings. The van der Waals surface area contributed by atoms with Gasteiger partial charge >= 0.3 is 5.97 Å². The summed E-state index contributed by atoms with van der Waals surface area (Å²) in [4.78, 5) is 12.3. The van der Waals surface area contributed by atoms with E-state index in [0.717, 1.165) is 12.2 Å². The van der Waals surface area contributed by atoms with Crippen LogP contribution < -0.4 is 5.73 Å². The highest BCUT2D eigenvalue weighted by atomic mass is 32.2. The average Bonchev–Trinajstić information content (AvgIpc) is 2.51. The van der Waals surface area contributed by atoms with Crippen molar-refractivity contribution in [3.63, 3.8) is 0 Å². The third kappa shape index (κ3) is 3.99. The number of benzene rings is 2. The van der Waals surface area contributed by atoms with E-state index in [1.165, 1.54) is 15.7 Å². The van der Waals surface area contributed by atoms with Crippen molar-refractivity contribution in [3.05, 3.63) is 42.5 Å². The van der Waals surface area contributed by atoms with Crippen LogP contribution in [0.4, 0.5) is 0 Å². The molecular weight excluding hydrogens is 282 g/mol. The van der Waals surface area contributed by atoms with E-state index in [0.29, 0.717) is 12.8 Å². The minimum Gasteiger partial charge on any atom is -0.480 e. The summed E-state index contributed by atoms with van der Waals surface area (Å²) in [6.45, 7) is 1.82. The maximum Gasteiger partial charge on any atom is 0.323 e. The molecule has 0 aromatic heterocycles. The Bertz CT molecular complexity index is 629. The maximum absolute atomic E-state index is 11.1. The molecule has 112 valence electrons. The minimum absolute atomic E-state index is 0.461. The predicted molar refractivity (Wildman–Crippen MR) is 88.8 cm³/mol. The predicted octanol–water partition coefficient (Wildman–Crippen LogP) is 3.90. The van der Waals surface area contributed by atoms with E-state index >= 15 is 0 Å². The highest BCUT2D eigenvalue weighted by Crippen LogP contribution is 2.25. The lowest BCUT2D eigenvalue weighted by molar-refractivity contribution is -0.143. The molecule has 3 N–H and O–H groups in total. The van der Waals surface area contributed by atoms with Gasteiger partial charge in [-0.25, -0.2) is 0 Å². The zero-order valence-electron chi connectivity index (χ0n) is 12.2. The molecule has 2 aromatic rings. The molecule has 4 heteroatoms. The number of fused-ring (bicyclic) bond motifs is 1. The molecule has 0 amide bonds. The third-order valence-electron chi connectivity index (χ3n) is 3.81. The van der Waals surface area contributed by atoms with Crippen LogP contribution in [0, 0.1) is 0 Å². The second kappa shape index (κ2) is 6.96. The lowest BCUT2D eigenvalue weighted by atomic mass is 9.92. The van der Waals surface area contributed by atoms with Crippen molar-refractivity contribution in [2.45, 2.75) is 36.6 Å². The number of aliphatic carboxylic acids is 1. The normalized spacial score (nSPS) is 14.0. The monoisotopic (exact) mass is 303 g/mol. The smallest absolute Gasteiger partial charge is 0.323 e. The average molecular weight is 303 g/mol. The summed E-state index contributed by atoms with van der Waals surface area (Å²) < 4.78 is 0. The first-order valence-electron chi connectivity index (χ1n) is 7.19. The molecule has 0 aliphatic heterocycles. The molecule has 1 atom stereocenters. The van der Waals surface area contributed by atoms with Gasteiger partial charge in [-0.2, -0.15) is 0 Å². The Morgan fingerprint density at radius 3 is 2.62 bits per heavy atom. The number of rotatable bonds is 7. The number of carboxylic acids is 1. The number of hydrogen-bond acceptors (Lipinski definition) is 3. The van der Waals surface area contributed by atoms with E-state index in [1.807, 2.05) is 19.1 Å². The van der Waals surface area contributed by atoms with E-state index in [-0.39, 0.29) is 0 Å². The molecule has 2 aromatic carbocycles. The summed E-state index contributed by atoms with van der Waals surface area (Å²) in [5.74, 6) is -0.0226. The summed E-state index contributed by atoms with van der Waals surface area (Å²) in [5.41, 5.74) is 4.81. The van der Waals surface area contributed by atoms with Gasteiger partial charge in [0.2, 0.25) is 0 Å². The van der Waals surface area contributed by atoms with E-state index < -0.39 is 11.5 Å². The standard InChI is InChI=1S/C17H21NO2S/c1-2-17(18,16(19)20)10-5-11-21-15-9-8-13-6-3-4-7-14(13)12-15/h3-4,6-9,12H,2,5,10-11,18H2,1H3,(H,19,20). The van der Waals surface area contributed by atoms with Crippen molar-refractivity contribution in [2.24, 2.45) is 5.73 Å². The summed E-state index contributed by atoms with van der Waals surface area (Å²) in [6.07, 6.45) is 1.77. The van der Waals surface area contributed by atoms with Crippen LogP contribution in [0.3, 0.4) is 0 Å². The highest BCUT2D eigenvalue weighted by Gasteiger charge is 2.30. The Morgan fingerprint density at radius 1 is 1.24 bits per heavy atom. The molecule has 3 nitrogen and oxygen atoms in total. The van der Waals surface area contributed by atoms with Crippen molar-refractivity contribution in [1.82, 2.24) is 0 Å². The molecule has 21 heavy (non-hydrogen) atoms. The molecule has 2 rings (SSSR count). The molecule has 0 fully saturated rings. The molecule has 0 spiro atoms. The fraction of sp³-hybridized carbons (Fsp3) is 0.353. The molecule has 0 bridgehead atoms. The Morgan fingerprint density at radius 2 is 1.95 bits per heavy atom. The van der Waals surface area contributed by atoms with Crippen LogP contribution in [0.1, 0.15) is 26.2 Å². The van der Waals surface area contributed by atoms with Crippen molar-refractivity contribution < 1.29 is 9.90 Å². The molecular formula is C17H21NO2S. The van der Waals surface area contributed by atoms with E-state index in [2.05, 4.69) is 30.3 Å². The van der Waals surface area contributed by atoms with Crippen LogP contribution in [-0.4, -0.2) is 22.4 Å². The van der Waals surface area contributed by atoms with Gasteiger partial charge in [0.05, 0.1) is 0 Å². The zero-order chi connectivity index (χ0) is 15.3. The van der Waals surface area contributed by atoms with Crippen molar-refractivity contribution in [2.75, 3.05) is 5.75 Å². The Hall–Kier alpha value is -1.52. The number of carbonyl (C=O) groups is 1. The van der Waals surface area contributed by atoms with Crippen LogP contribution in [-0.2, 0) is 4.79 Å². The second-order valence-corrected chi connectivity index (χ2v) is 6.44. The van der Waals surface area contributed by atoms with Crippen LogP contribution >= 0.6 is 11.8 Å². The molecule has 0 saturated heterocycles. The molecule has 0 radical (unpaired) electrons. The first kappa shape index (κ1) is 15.9. The summed E-state index contributed by atoms with van der Waals surface area (Å²) in [5, 5.41) is 11.6. The van der Waals surface area contributed by atoms with Gasteiger partial charge in [0.1, 0.15) is 5.54 Å². The van der Waals surface area contributed by atoms with E-state index in [9.17, 15) is 4.79 Å². The van der Waals surface area contributed by atoms with Gasteiger partial charge in [-0.1, -0.05) is 37.3 Å². The fourth-order valence-electron chi connectivity index (χ4n) is 2.27. The molecule has 1 unspecified atom stereocenters. The number of carboxylic acid groups (broad SMARTS) is 1. The Labute approximate surface area is 129 Å². The van der Waals surface area contributed by atoms with Crippen molar-refractivity contribution in [1.29, 1.82) is 0 Å². The summed E-state index contributed by atoms with van der Waals surface area (Å²) in [7, 11) is 0. The summed E-state index contributed by atoms with van der Waals surface area (Å²) >= 11 is 1.75. The lowest BCUT2D eigenvalue weighted by Gasteiger charge is -2.22. The van der Waals surface area contributed by atoms with Crippen molar-refractivity contribution >= 4 is 28.5 Å². The van der Waals surface area contributed by atoms with Gasteiger partial charge in [0.25, 0.3) is 0 Å². The number of hydrogen-bond donors (Lipinski definition) is 2. The second-order valence-electron chi connectivity index (χ2n) is 5.28. The topological polar surface area (TPSA) is 63.3 Å². The lowest BCUT2D eigenvalue weighted by Crippen LogP contribution is -2.47. The van der Waals surface area contributed by atoms with Crippen molar-refractivity contribution in [3.8, 4) is 0 Å². The number of thioether (sulfide) groups is 1. The quantitative estimate of drug-likeness (QED) is 0.601. The van der Waals surface area contributed by atoms with Crippen LogP contribution in [0.25, 0.3) is 10.8 Å². The first-order chi connectivity index (χ1) is 10.0. The van der Waals surface area contributed by atoms with Gasteiger partial charge in [-0.05, 0) is 47.9 Å². The third-order valence-corrected chi connectivity index (χ3v) is 4.89. The SMILES string of the molecule is CCC(N)(CCCSc1ccc2ccccc2c1)C(=O)O. The van der Waals surface area contributed by atoms with Gasteiger partial charge in [-0.3, -0.25) is 4.79 Å². The Balaban J connectivity index is 1.89. The van der Waals surface area contributed by atoms with E-state index in [4.69, 9.17) is 10.8 Å².